The molecule has 0 aromatic carbocycles. The van der Waals surface area contributed by atoms with Gasteiger partial charge in [0.15, 0.2) is 0 Å². The molecule has 2 fully saturated rings. The maximum absolute atomic E-state index is 12.9. The summed E-state index contributed by atoms with van der Waals surface area (Å²) < 4.78 is 38.7. The molecule has 2 heterocycles. The summed E-state index contributed by atoms with van der Waals surface area (Å²) in [5.74, 6) is -4.58. The van der Waals surface area contributed by atoms with Gasteiger partial charge >= 0.3 is 0 Å². The molecule has 1 atom stereocenters. The van der Waals surface area contributed by atoms with E-state index in [-0.39, 0.29) is 23.4 Å². The third-order valence-electron chi connectivity index (χ3n) is 4.76. The van der Waals surface area contributed by atoms with Crippen LogP contribution >= 0.6 is 0 Å². The van der Waals surface area contributed by atoms with Gasteiger partial charge in [0, 0.05) is 45.1 Å². The molecule has 0 spiro atoms. The van der Waals surface area contributed by atoms with E-state index in [2.05, 4.69) is 4.98 Å². The van der Waals surface area contributed by atoms with Gasteiger partial charge in [-0.15, -0.1) is 0 Å². The molecule has 1 aliphatic heterocycles. The van der Waals surface area contributed by atoms with Crippen molar-refractivity contribution in [2.75, 3.05) is 20.1 Å². The number of hydrogen-bond acceptors (Lipinski definition) is 3. The second kappa shape index (κ2) is 6.07. The third kappa shape index (κ3) is 3.22. The maximum atomic E-state index is 12.9. The van der Waals surface area contributed by atoms with Crippen molar-refractivity contribution in [2.24, 2.45) is 5.92 Å². The molecule has 0 N–H and O–H groups in total. The summed E-state index contributed by atoms with van der Waals surface area (Å²) in [6, 6.07) is 2.29. The van der Waals surface area contributed by atoms with Crippen LogP contribution in [0.2, 0.25) is 0 Å². The molecule has 2 aliphatic rings. The fourth-order valence-corrected chi connectivity index (χ4v) is 3.23. The second-order valence-electron chi connectivity index (χ2n) is 6.47. The van der Waals surface area contributed by atoms with Crippen LogP contribution in [0.4, 0.5) is 13.2 Å². The highest BCUT2D eigenvalue weighted by atomic mass is 19.3. The van der Waals surface area contributed by atoms with Gasteiger partial charge in [-0.3, -0.25) is 9.59 Å². The summed E-state index contributed by atoms with van der Waals surface area (Å²) in [5.41, 5.74) is 0.282. The molecule has 24 heavy (non-hydrogen) atoms. The number of carbonyl (C=O) groups is 2. The Morgan fingerprint density at radius 2 is 2.04 bits per heavy atom. The zero-order chi connectivity index (χ0) is 17.5. The van der Waals surface area contributed by atoms with Gasteiger partial charge in [-0.05, 0) is 18.6 Å². The van der Waals surface area contributed by atoms with Crippen molar-refractivity contribution in [3.63, 3.8) is 0 Å². The highest BCUT2D eigenvalue weighted by Gasteiger charge is 2.50. The van der Waals surface area contributed by atoms with Crippen molar-refractivity contribution < 1.29 is 22.8 Å². The molecular weight excluding hydrogens is 323 g/mol. The minimum absolute atomic E-state index is 0.191. The first kappa shape index (κ1) is 16.7. The molecule has 1 aromatic rings. The molecule has 0 bridgehead atoms. The van der Waals surface area contributed by atoms with Crippen LogP contribution in [0.5, 0.6) is 0 Å². The van der Waals surface area contributed by atoms with E-state index in [1.165, 1.54) is 17.2 Å². The largest absolute Gasteiger partial charge is 0.341 e. The molecule has 8 heteroatoms. The minimum Gasteiger partial charge on any atom is -0.341 e. The highest BCUT2D eigenvalue weighted by molar-refractivity contribution is 5.94. The number of aromatic nitrogens is 1. The molecule has 5 nitrogen and oxygen atoms in total. The van der Waals surface area contributed by atoms with Gasteiger partial charge < -0.3 is 9.80 Å². The SMILES string of the molecule is CN(C(=O)C1CC(F)(F)C1)[C@H]1CCN(C(=O)c2ccc(F)nc2)C1. The van der Waals surface area contributed by atoms with Crippen molar-refractivity contribution in [3.05, 3.63) is 29.8 Å². The minimum atomic E-state index is -2.73. The Morgan fingerprint density at radius 1 is 1.33 bits per heavy atom. The summed E-state index contributed by atoms with van der Waals surface area (Å²) in [4.78, 5) is 31.1. The van der Waals surface area contributed by atoms with Crippen LogP contribution in [0.1, 0.15) is 29.6 Å². The van der Waals surface area contributed by atoms with Gasteiger partial charge in [-0.25, -0.2) is 13.8 Å². The van der Waals surface area contributed by atoms with E-state index >= 15 is 0 Å². The first-order valence-corrected chi connectivity index (χ1v) is 7.82. The lowest BCUT2D eigenvalue weighted by molar-refractivity contribution is -0.160. The quantitative estimate of drug-likeness (QED) is 0.790. The van der Waals surface area contributed by atoms with Crippen LogP contribution in [-0.4, -0.2) is 58.7 Å². The number of hydrogen-bond donors (Lipinski definition) is 0. The number of rotatable bonds is 3. The number of pyridine rings is 1. The fraction of sp³-hybridized carbons (Fsp3) is 0.562. The first-order valence-electron chi connectivity index (χ1n) is 7.82. The molecule has 0 radical (unpaired) electrons. The van der Waals surface area contributed by atoms with Crippen molar-refractivity contribution in [3.8, 4) is 0 Å². The number of nitrogens with zero attached hydrogens (tertiary/aromatic N) is 3. The lowest BCUT2D eigenvalue weighted by Crippen LogP contribution is -2.49. The Hall–Kier alpha value is -2.12. The summed E-state index contributed by atoms with van der Waals surface area (Å²) >= 11 is 0. The molecule has 1 saturated carbocycles. The zero-order valence-corrected chi connectivity index (χ0v) is 13.2. The van der Waals surface area contributed by atoms with E-state index in [0.29, 0.717) is 19.5 Å². The Kier molecular flexibility index (Phi) is 4.23. The number of carbonyl (C=O) groups excluding carboxylic acids is 2. The molecule has 1 aromatic heterocycles. The Balaban J connectivity index is 1.57. The van der Waals surface area contributed by atoms with Gasteiger partial charge in [-0.2, -0.15) is 4.39 Å². The predicted octanol–water partition coefficient (Wildman–Crippen LogP) is 1.94. The summed E-state index contributed by atoms with van der Waals surface area (Å²) in [6.45, 7) is 0.793. The summed E-state index contributed by atoms with van der Waals surface area (Å²) in [6.07, 6.45) is 0.974. The van der Waals surface area contributed by atoms with E-state index in [1.54, 1.807) is 11.9 Å². The normalized spacial score (nSPS) is 23.0. The first-order chi connectivity index (χ1) is 11.3. The van der Waals surface area contributed by atoms with Crippen molar-refractivity contribution in [2.45, 2.75) is 31.2 Å². The topological polar surface area (TPSA) is 53.5 Å². The lowest BCUT2D eigenvalue weighted by atomic mass is 9.80. The van der Waals surface area contributed by atoms with E-state index in [9.17, 15) is 22.8 Å². The van der Waals surface area contributed by atoms with Gasteiger partial charge in [0.05, 0.1) is 11.6 Å². The van der Waals surface area contributed by atoms with Crippen LogP contribution < -0.4 is 0 Å². The van der Waals surface area contributed by atoms with Gasteiger partial charge in [0.2, 0.25) is 17.8 Å². The van der Waals surface area contributed by atoms with E-state index in [4.69, 9.17) is 0 Å². The Morgan fingerprint density at radius 3 is 2.62 bits per heavy atom. The molecular formula is C16H18F3N3O2. The van der Waals surface area contributed by atoms with E-state index in [1.807, 2.05) is 0 Å². The number of alkyl halides is 2. The molecule has 3 rings (SSSR count). The van der Waals surface area contributed by atoms with Gasteiger partial charge in [0.25, 0.3) is 5.91 Å². The smallest absolute Gasteiger partial charge is 0.255 e. The summed E-state index contributed by atoms with van der Waals surface area (Å²) in [7, 11) is 1.59. The average Bonchev–Trinajstić information content (AvgIpc) is 3.01. The fourth-order valence-electron chi connectivity index (χ4n) is 3.23. The Bertz CT molecular complexity index is 642. The molecule has 130 valence electrons. The summed E-state index contributed by atoms with van der Waals surface area (Å²) in [5, 5.41) is 0. The predicted molar refractivity (Wildman–Crippen MR) is 78.9 cm³/mol. The molecule has 1 saturated heterocycles. The molecule has 0 unspecified atom stereocenters. The number of amides is 2. The number of likely N-dealkylation sites (tertiary alicyclic amines) is 1. The number of halogens is 3. The van der Waals surface area contributed by atoms with Crippen molar-refractivity contribution in [1.82, 2.24) is 14.8 Å². The second-order valence-corrected chi connectivity index (χ2v) is 6.47. The van der Waals surface area contributed by atoms with Crippen molar-refractivity contribution >= 4 is 11.8 Å². The number of likely N-dealkylation sites (N-methyl/N-ethyl adjacent to an activating group) is 1. The molecule has 1 aliphatic carbocycles. The average molecular weight is 341 g/mol. The lowest BCUT2D eigenvalue weighted by Gasteiger charge is -2.37. The molecule has 2 amide bonds. The monoisotopic (exact) mass is 341 g/mol. The van der Waals surface area contributed by atoms with Gasteiger partial charge in [-0.1, -0.05) is 0 Å². The van der Waals surface area contributed by atoms with Crippen LogP contribution in [0.3, 0.4) is 0 Å². The van der Waals surface area contributed by atoms with Crippen LogP contribution in [0, 0.1) is 11.9 Å². The van der Waals surface area contributed by atoms with Crippen LogP contribution in [0.15, 0.2) is 18.3 Å². The van der Waals surface area contributed by atoms with Gasteiger partial charge in [0.1, 0.15) is 0 Å². The maximum Gasteiger partial charge on any atom is 0.255 e. The van der Waals surface area contributed by atoms with E-state index in [0.717, 1.165) is 6.07 Å². The Labute approximate surface area is 137 Å². The van der Waals surface area contributed by atoms with Crippen molar-refractivity contribution in [1.29, 1.82) is 0 Å². The van der Waals surface area contributed by atoms with E-state index < -0.39 is 30.6 Å². The standard InChI is InChI=1S/C16H18F3N3O2/c1-21(14(23)11-6-16(18,19)7-11)12-4-5-22(9-12)15(24)10-2-3-13(17)20-8-10/h2-3,8,11-12H,4-7,9H2,1H3/t12-/m0/s1. The zero-order valence-electron chi connectivity index (χ0n) is 13.2. The third-order valence-corrected chi connectivity index (χ3v) is 4.76. The highest BCUT2D eigenvalue weighted by Crippen LogP contribution is 2.43. The van der Waals surface area contributed by atoms with Crippen LogP contribution in [0.25, 0.3) is 0 Å². The van der Waals surface area contributed by atoms with Crippen LogP contribution in [-0.2, 0) is 4.79 Å².